The van der Waals surface area contributed by atoms with Crippen LogP contribution in [-0.2, 0) is 11.2 Å². The predicted octanol–water partition coefficient (Wildman–Crippen LogP) is 6.55. The highest BCUT2D eigenvalue weighted by Gasteiger charge is 2.09. The third-order valence-corrected chi connectivity index (χ3v) is 6.51. The van der Waals surface area contributed by atoms with Crippen molar-refractivity contribution in [2.45, 2.75) is 18.2 Å². The van der Waals surface area contributed by atoms with E-state index in [0.717, 1.165) is 40.7 Å². The van der Waals surface area contributed by atoms with E-state index < -0.39 is 0 Å². The quantitative estimate of drug-likeness (QED) is 0.164. The maximum Gasteiger partial charge on any atom is 0.204 e. The number of carbonyl (C=O) groups excluding carboxylic acids is 1. The van der Waals surface area contributed by atoms with Crippen molar-refractivity contribution < 1.29 is 14.3 Å². The number of methoxy groups -OCH3 is 2. The minimum absolute atomic E-state index is 0.250. The molecule has 4 rings (SSSR count). The van der Waals surface area contributed by atoms with Crippen molar-refractivity contribution >= 4 is 29.7 Å². The number of rotatable bonds is 10. The molecule has 4 aromatic carbocycles. The van der Waals surface area contributed by atoms with Gasteiger partial charge in [-0.25, -0.2) is 0 Å². The molecule has 0 radical (unpaired) electrons. The first-order valence-corrected chi connectivity index (χ1v) is 12.7. The van der Waals surface area contributed by atoms with Crippen molar-refractivity contribution in [1.82, 2.24) is 0 Å². The van der Waals surface area contributed by atoms with Gasteiger partial charge in [0.15, 0.2) is 0 Å². The molecule has 0 saturated heterocycles. The molecule has 0 saturated carbocycles. The standard InChI is InChI=1S/C29H30N2O2S.CH3NO/c1-21-8-4-5-13-27(21)23-14-15-28(33-3)29(19-23)34-31-25-11-7-10-24(20-25)30-17-16-22-9-6-12-26(18-22)32-2;2-1-3/h4-15,18-20,30-31H,16-17H2,1-3H3;1H,(H2,2,3). The lowest BCUT2D eigenvalue weighted by atomic mass is 10.0. The number of ether oxygens (including phenoxy) is 2. The van der Waals surface area contributed by atoms with E-state index in [1.807, 2.05) is 18.2 Å². The molecule has 0 spiro atoms. The topological polar surface area (TPSA) is 85.6 Å². The molecule has 0 fully saturated rings. The third kappa shape index (κ3) is 8.22. The van der Waals surface area contributed by atoms with E-state index in [4.69, 9.17) is 14.3 Å². The van der Waals surface area contributed by atoms with Crippen LogP contribution in [0.4, 0.5) is 11.4 Å². The van der Waals surface area contributed by atoms with Gasteiger partial charge < -0.3 is 25.2 Å². The van der Waals surface area contributed by atoms with Crippen LogP contribution in [0.5, 0.6) is 11.5 Å². The number of carbonyl (C=O) groups is 1. The number of benzene rings is 4. The van der Waals surface area contributed by atoms with Crippen LogP contribution < -0.4 is 25.2 Å². The second-order valence-electron chi connectivity index (χ2n) is 8.13. The first-order valence-electron chi connectivity index (χ1n) is 11.9. The van der Waals surface area contributed by atoms with Crippen LogP contribution in [0, 0.1) is 6.92 Å². The van der Waals surface area contributed by atoms with Crippen molar-refractivity contribution in [2.75, 3.05) is 30.8 Å². The summed E-state index contributed by atoms with van der Waals surface area (Å²) < 4.78 is 14.4. The smallest absolute Gasteiger partial charge is 0.204 e. The van der Waals surface area contributed by atoms with Gasteiger partial charge in [-0.15, -0.1) is 0 Å². The first-order chi connectivity index (χ1) is 18.1. The van der Waals surface area contributed by atoms with Crippen LogP contribution in [0.25, 0.3) is 11.1 Å². The number of hydrogen-bond donors (Lipinski definition) is 3. The van der Waals surface area contributed by atoms with E-state index >= 15 is 0 Å². The SMILES string of the molecule is COc1cccc(CCNc2cccc(NSc3cc(-c4ccccc4C)ccc3OC)c2)c1.NC=O. The van der Waals surface area contributed by atoms with Gasteiger partial charge in [0.05, 0.1) is 19.1 Å². The zero-order valence-corrected chi connectivity index (χ0v) is 22.2. The Hall–Kier alpha value is -4.10. The molecular formula is C30H33N3O3S. The molecule has 4 aromatic rings. The van der Waals surface area contributed by atoms with E-state index in [1.165, 1.54) is 22.3 Å². The molecule has 7 heteroatoms. The fourth-order valence-corrected chi connectivity index (χ4v) is 4.60. The Bertz CT molecular complexity index is 1300. The maximum atomic E-state index is 8.58. The highest BCUT2D eigenvalue weighted by atomic mass is 32.2. The van der Waals surface area contributed by atoms with Crippen LogP contribution in [0.1, 0.15) is 11.1 Å². The van der Waals surface area contributed by atoms with E-state index in [-0.39, 0.29) is 6.41 Å². The van der Waals surface area contributed by atoms with E-state index in [2.05, 4.69) is 95.5 Å². The molecule has 6 nitrogen and oxygen atoms in total. The number of primary amides is 1. The number of anilines is 2. The largest absolute Gasteiger partial charge is 0.497 e. The number of nitrogens with two attached hydrogens (primary N) is 1. The molecule has 0 aliphatic carbocycles. The summed E-state index contributed by atoms with van der Waals surface area (Å²) in [5, 5.41) is 3.51. The maximum absolute atomic E-state index is 8.58. The van der Waals surface area contributed by atoms with Crippen molar-refractivity contribution in [3.63, 3.8) is 0 Å². The highest BCUT2D eigenvalue weighted by molar-refractivity contribution is 8.00. The van der Waals surface area contributed by atoms with Gasteiger partial charge >= 0.3 is 0 Å². The van der Waals surface area contributed by atoms with Gasteiger partial charge in [0.1, 0.15) is 11.5 Å². The van der Waals surface area contributed by atoms with E-state index in [1.54, 1.807) is 26.2 Å². The monoisotopic (exact) mass is 515 g/mol. The van der Waals surface area contributed by atoms with Crippen LogP contribution in [-0.4, -0.2) is 27.2 Å². The normalized spacial score (nSPS) is 10.0. The fourth-order valence-electron chi connectivity index (χ4n) is 3.81. The average molecular weight is 516 g/mol. The molecule has 0 atom stereocenters. The predicted molar refractivity (Wildman–Crippen MR) is 155 cm³/mol. The molecule has 192 valence electrons. The average Bonchev–Trinajstić information content (AvgIpc) is 2.93. The zero-order valence-electron chi connectivity index (χ0n) is 21.4. The Morgan fingerprint density at radius 2 is 1.62 bits per heavy atom. The highest BCUT2D eigenvalue weighted by Crippen LogP contribution is 2.35. The van der Waals surface area contributed by atoms with Gasteiger partial charge in [-0.1, -0.05) is 48.5 Å². The summed E-state index contributed by atoms with van der Waals surface area (Å²) in [6, 6.07) is 31.3. The molecular weight excluding hydrogens is 482 g/mol. The lowest BCUT2D eigenvalue weighted by Crippen LogP contribution is -2.05. The minimum atomic E-state index is 0.250. The number of amides is 1. The van der Waals surface area contributed by atoms with Crippen LogP contribution in [0.3, 0.4) is 0 Å². The Morgan fingerprint density at radius 3 is 2.38 bits per heavy atom. The molecule has 1 amide bonds. The lowest BCUT2D eigenvalue weighted by Gasteiger charge is -2.14. The summed E-state index contributed by atoms with van der Waals surface area (Å²) in [4.78, 5) is 9.62. The molecule has 0 aliphatic rings. The summed E-state index contributed by atoms with van der Waals surface area (Å²) in [7, 11) is 3.40. The van der Waals surface area contributed by atoms with Crippen molar-refractivity contribution in [2.24, 2.45) is 5.73 Å². The summed E-state index contributed by atoms with van der Waals surface area (Å²) >= 11 is 1.56. The van der Waals surface area contributed by atoms with Crippen LogP contribution in [0.15, 0.2) is 95.9 Å². The Kier molecular flexibility index (Phi) is 10.7. The van der Waals surface area contributed by atoms with Gasteiger partial charge in [-0.3, -0.25) is 4.79 Å². The Balaban J connectivity index is 0.00000121. The molecule has 0 bridgehead atoms. The zero-order chi connectivity index (χ0) is 26.5. The van der Waals surface area contributed by atoms with Gasteiger partial charge in [0.2, 0.25) is 6.41 Å². The van der Waals surface area contributed by atoms with Crippen LogP contribution >= 0.6 is 11.9 Å². The van der Waals surface area contributed by atoms with E-state index in [0.29, 0.717) is 0 Å². The molecule has 0 unspecified atom stereocenters. The third-order valence-electron chi connectivity index (χ3n) is 5.64. The summed E-state index contributed by atoms with van der Waals surface area (Å²) in [5.41, 5.74) is 11.2. The molecule has 0 heterocycles. The van der Waals surface area contributed by atoms with Gasteiger partial charge in [0, 0.05) is 17.9 Å². The summed E-state index contributed by atoms with van der Waals surface area (Å²) in [5.74, 6) is 1.74. The van der Waals surface area contributed by atoms with Gasteiger partial charge in [-0.2, -0.15) is 0 Å². The second-order valence-corrected chi connectivity index (χ2v) is 8.98. The first kappa shape index (κ1) is 27.5. The fraction of sp³-hybridized carbons (Fsp3) is 0.167. The lowest BCUT2D eigenvalue weighted by molar-refractivity contribution is -0.106. The van der Waals surface area contributed by atoms with Crippen LogP contribution in [0.2, 0.25) is 0 Å². The molecule has 4 N–H and O–H groups in total. The van der Waals surface area contributed by atoms with Crippen molar-refractivity contribution in [3.8, 4) is 22.6 Å². The van der Waals surface area contributed by atoms with Gasteiger partial charge in [0.25, 0.3) is 0 Å². The number of aryl methyl sites for hydroxylation is 1. The molecule has 0 aliphatic heterocycles. The van der Waals surface area contributed by atoms with Crippen molar-refractivity contribution in [3.05, 3.63) is 102 Å². The Labute approximate surface area is 223 Å². The molecule has 0 aromatic heterocycles. The summed E-state index contributed by atoms with van der Waals surface area (Å²) in [6.45, 7) is 2.98. The van der Waals surface area contributed by atoms with Gasteiger partial charge in [-0.05, 0) is 90.0 Å². The Morgan fingerprint density at radius 1 is 0.865 bits per heavy atom. The number of nitrogens with one attached hydrogen (secondary N) is 2. The minimum Gasteiger partial charge on any atom is -0.497 e. The second kappa shape index (κ2) is 14.5. The van der Waals surface area contributed by atoms with E-state index in [9.17, 15) is 0 Å². The molecule has 37 heavy (non-hydrogen) atoms. The summed E-state index contributed by atoms with van der Waals surface area (Å²) in [6.07, 6.45) is 1.17. The number of hydrogen-bond acceptors (Lipinski definition) is 6. The van der Waals surface area contributed by atoms with Crippen molar-refractivity contribution in [1.29, 1.82) is 0 Å².